The summed E-state index contributed by atoms with van der Waals surface area (Å²) in [6.07, 6.45) is 12.6. The minimum absolute atomic E-state index is 0.347. The number of benzene rings is 8. The lowest BCUT2D eigenvalue weighted by molar-refractivity contribution is 0.686. The van der Waals surface area contributed by atoms with Crippen molar-refractivity contribution in [2.24, 2.45) is 5.92 Å². The van der Waals surface area contributed by atoms with Gasteiger partial charge in [0, 0.05) is 39.8 Å². The largest absolute Gasteiger partial charge is 0.314 e. The molecule has 3 aliphatic carbocycles. The molecule has 0 aliphatic heterocycles. The fourth-order valence-electron chi connectivity index (χ4n) is 10.9. The molecular weight excluding hydrogens is 761 g/mol. The fourth-order valence-corrected chi connectivity index (χ4v) is 10.9. The molecule has 0 fully saturated rings. The van der Waals surface area contributed by atoms with Crippen molar-refractivity contribution in [3.63, 3.8) is 0 Å². The molecule has 0 saturated heterocycles. The zero-order valence-corrected chi connectivity index (χ0v) is 35.1. The van der Waals surface area contributed by atoms with E-state index in [9.17, 15) is 0 Å². The van der Waals surface area contributed by atoms with E-state index in [-0.39, 0.29) is 0 Å². The van der Waals surface area contributed by atoms with Gasteiger partial charge in [0.2, 0.25) is 0 Å². The summed E-state index contributed by atoms with van der Waals surface area (Å²) in [6, 6.07) is 78.1. The number of nitrogens with zero attached hydrogens (tertiary/aromatic N) is 2. The maximum atomic E-state index is 2.52. The summed E-state index contributed by atoms with van der Waals surface area (Å²) in [5.74, 6) is 0.347. The molecule has 0 bridgehead atoms. The zero-order chi connectivity index (χ0) is 41.7. The molecule has 3 aliphatic rings. The van der Waals surface area contributed by atoms with E-state index in [2.05, 4.69) is 246 Å². The van der Waals surface area contributed by atoms with Gasteiger partial charge in [-0.3, -0.25) is 0 Å². The quantitative estimate of drug-likeness (QED) is 0.148. The van der Waals surface area contributed by atoms with E-state index in [1.165, 1.54) is 89.3 Å². The van der Waals surface area contributed by atoms with Crippen LogP contribution in [0.3, 0.4) is 0 Å². The predicted molar refractivity (Wildman–Crippen MR) is 263 cm³/mol. The van der Waals surface area contributed by atoms with Gasteiger partial charge in [0.05, 0.1) is 10.9 Å². The van der Waals surface area contributed by atoms with Gasteiger partial charge in [-0.25, -0.2) is 0 Å². The van der Waals surface area contributed by atoms with Gasteiger partial charge in [-0.15, -0.1) is 0 Å². The summed E-state index contributed by atoms with van der Waals surface area (Å²) < 4.78 is 2.44. The van der Waals surface area contributed by atoms with Crippen molar-refractivity contribution in [1.82, 2.24) is 4.57 Å². The number of para-hydroxylation sites is 2. The standard InChI is InChI=1S/C61H46N2/c1-5-17-43(18-6-1)44-29-34-50(35-30-44)62(51-36-31-45(32-37-51)46-33-40-60-56(41-46)55-26-14-16-28-59(55)63(60)49-23-11-4-12-24-49)52-38-39-54-53-25-13-15-27-57(53)61(58(54)42-52,47-19-7-2-8-20-47)48-21-9-3-10-22-48/h1-31,33-36,38-40,42,46H,32,37,41H2. The molecule has 0 radical (unpaired) electrons. The summed E-state index contributed by atoms with van der Waals surface area (Å²) in [6.45, 7) is 0. The van der Waals surface area contributed by atoms with Crippen LogP contribution >= 0.6 is 0 Å². The number of allylic oxidation sites excluding steroid dienone is 5. The summed E-state index contributed by atoms with van der Waals surface area (Å²) >= 11 is 0. The minimum Gasteiger partial charge on any atom is -0.314 e. The van der Waals surface area contributed by atoms with Gasteiger partial charge in [0.15, 0.2) is 0 Å². The van der Waals surface area contributed by atoms with Crippen LogP contribution in [0.1, 0.15) is 46.4 Å². The van der Waals surface area contributed by atoms with Crippen LogP contribution in [0.15, 0.2) is 242 Å². The molecular formula is C61H46N2. The van der Waals surface area contributed by atoms with Crippen LogP contribution in [0.5, 0.6) is 0 Å². The number of hydrogen-bond donors (Lipinski definition) is 0. The highest BCUT2D eigenvalue weighted by atomic mass is 15.1. The van der Waals surface area contributed by atoms with E-state index < -0.39 is 5.41 Å². The Hall–Kier alpha value is -7.68. The third-order valence-corrected chi connectivity index (χ3v) is 13.8. The van der Waals surface area contributed by atoms with Crippen LogP contribution in [0.4, 0.5) is 11.4 Å². The minimum atomic E-state index is -0.475. The lowest BCUT2D eigenvalue weighted by atomic mass is 9.67. The summed E-state index contributed by atoms with van der Waals surface area (Å²) in [5.41, 5.74) is 20.1. The third-order valence-electron chi connectivity index (χ3n) is 13.8. The number of fused-ring (bicyclic) bond motifs is 6. The van der Waals surface area contributed by atoms with Gasteiger partial charge in [-0.05, 0) is 124 Å². The number of rotatable bonds is 8. The van der Waals surface area contributed by atoms with Gasteiger partial charge < -0.3 is 9.47 Å². The number of aromatic nitrogens is 1. The van der Waals surface area contributed by atoms with Crippen LogP contribution in [0.25, 0.3) is 44.9 Å². The number of anilines is 2. The van der Waals surface area contributed by atoms with Crippen LogP contribution in [0.2, 0.25) is 0 Å². The van der Waals surface area contributed by atoms with Crippen LogP contribution in [0, 0.1) is 5.92 Å². The first-order valence-electron chi connectivity index (χ1n) is 22.3. The molecule has 1 aromatic heterocycles. The Morgan fingerprint density at radius 1 is 0.492 bits per heavy atom. The van der Waals surface area contributed by atoms with Gasteiger partial charge in [-0.1, -0.05) is 188 Å². The van der Waals surface area contributed by atoms with Crippen molar-refractivity contribution in [2.45, 2.75) is 24.7 Å². The second-order valence-corrected chi connectivity index (χ2v) is 17.1. The highest BCUT2D eigenvalue weighted by molar-refractivity contribution is 5.91. The summed E-state index contributed by atoms with van der Waals surface area (Å²) in [5, 5.41) is 1.35. The first kappa shape index (κ1) is 37.1. The Labute approximate surface area is 370 Å². The van der Waals surface area contributed by atoms with Crippen LogP contribution in [-0.2, 0) is 11.8 Å². The van der Waals surface area contributed by atoms with E-state index in [1.807, 2.05) is 0 Å². The average Bonchev–Trinajstić information content (AvgIpc) is 3.86. The van der Waals surface area contributed by atoms with Crippen molar-refractivity contribution >= 4 is 28.4 Å². The molecule has 1 unspecified atom stereocenters. The highest BCUT2D eigenvalue weighted by Gasteiger charge is 2.46. The van der Waals surface area contributed by atoms with Crippen molar-refractivity contribution in [1.29, 1.82) is 0 Å². The molecule has 300 valence electrons. The Morgan fingerprint density at radius 2 is 1.10 bits per heavy atom. The van der Waals surface area contributed by atoms with Crippen molar-refractivity contribution in [2.75, 3.05) is 4.90 Å². The molecule has 0 spiro atoms. The van der Waals surface area contributed by atoms with E-state index >= 15 is 0 Å². The lowest BCUT2D eigenvalue weighted by Crippen LogP contribution is -2.29. The molecule has 2 nitrogen and oxygen atoms in total. The molecule has 1 atom stereocenters. The topological polar surface area (TPSA) is 8.17 Å². The Morgan fingerprint density at radius 3 is 1.81 bits per heavy atom. The molecule has 63 heavy (non-hydrogen) atoms. The molecule has 12 rings (SSSR count). The van der Waals surface area contributed by atoms with Crippen LogP contribution < -0.4 is 4.90 Å². The Kier molecular flexibility index (Phi) is 9.04. The zero-order valence-electron chi connectivity index (χ0n) is 35.1. The molecule has 0 saturated carbocycles. The van der Waals surface area contributed by atoms with E-state index in [4.69, 9.17) is 0 Å². The fraction of sp³-hybridized carbons (Fsp3) is 0.0820. The second kappa shape index (κ2) is 15.3. The van der Waals surface area contributed by atoms with Crippen LogP contribution in [-0.4, -0.2) is 4.57 Å². The van der Waals surface area contributed by atoms with E-state index in [1.54, 1.807) is 0 Å². The first-order valence-corrected chi connectivity index (χ1v) is 22.3. The monoisotopic (exact) mass is 806 g/mol. The Balaban J connectivity index is 0.977. The lowest BCUT2D eigenvalue weighted by Gasteiger charge is -2.35. The van der Waals surface area contributed by atoms with Crippen molar-refractivity contribution in [3.05, 3.63) is 275 Å². The second-order valence-electron chi connectivity index (χ2n) is 17.1. The summed E-state index contributed by atoms with van der Waals surface area (Å²) in [4.78, 5) is 2.52. The van der Waals surface area contributed by atoms with E-state index in [0.29, 0.717) is 5.92 Å². The molecule has 0 amide bonds. The van der Waals surface area contributed by atoms with Gasteiger partial charge >= 0.3 is 0 Å². The maximum Gasteiger partial charge on any atom is 0.0714 e. The smallest absolute Gasteiger partial charge is 0.0714 e. The maximum absolute atomic E-state index is 2.52. The van der Waals surface area contributed by atoms with Crippen molar-refractivity contribution < 1.29 is 0 Å². The van der Waals surface area contributed by atoms with Crippen molar-refractivity contribution in [3.8, 4) is 27.9 Å². The molecule has 1 heterocycles. The predicted octanol–water partition coefficient (Wildman–Crippen LogP) is 15.3. The first-order chi connectivity index (χ1) is 31.3. The highest BCUT2D eigenvalue weighted by Crippen LogP contribution is 2.57. The molecule has 0 N–H and O–H groups in total. The van der Waals surface area contributed by atoms with Gasteiger partial charge in [0.1, 0.15) is 0 Å². The van der Waals surface area contributed by atoms with Gasteiger partial charge in [0.25, 0.3) is 0 Å². The third kappa shape index (κ3) is 6.09. The Bertz CT molecular complexity index is 3190. The van der Waals surface area contributed by atoms with E-state index in [0.717, 1.165) is 24.9 Å². The average molecular weight is 807 g/mol. The molecule has 2 heteroatoms. The SMILES string of the molecule is C1=CC(C2=CC=C(N(c3ccc(-c4ccccc4)cc3)c3ccc4c(c3)C(c3ccccc3)(c3ccccc3)c3ccccc3-4)CC2)Cc2c1n(-c1ccccc1)c1ccccc21. The molecule has 8 aromatic carbocycles. The normalized spacial score (nSPS) is 15.8. The number of hydrogen-bond acceptors (Lipinski definition) is 1. The van der Waals surface area contributed by atoms with Gasteiger partial charge in [-0.2, -0.15) is 0 Å². The molecule has 9 aromatic rings. The summed E-state index contributed by atoms with van der Waals surface area (Å²) in [7, 11) is 0.